The number of ether oxygens (including phenoxy) is 1. The van der Waals surface area contributed by atoms with Gasteiger partial charge in [0, 0.05) is 24.5 Å². The zero-order valence-electron chi connectivity index (χ0n) is 24.6. The van der Waals surface area contributed by atoms with Crippen molar-refractivity contribution in [1.29, 1.82) is 0 Å². The van der Waals surface area contributed by atoms with Crippen LogP contribution >= 0.6 is 34.8 Å². The van der Waals surface area contributed by atoms with Crippen LogP contribution in [0.15, 0.2) is 102 Å². The molecule has 4 rings (SSSR count). The van der Waals surface area contributed by atoms with Crippen LogP contribution in [0.4, 0.5) is 5.69 Å². The number of carbonyl (C=O) groups excluding carboxylic acids is 2. The SMILES string of the molecule is CCNC(=O)[C@H](Cc1ccccc1)N(Cc1ccc(Cl)c(Cl)c1)C(=O)CN(c1cccc(Cl)c1)S(=O)(=O)c1ccc(OC)cc1. The molecule has 1 N–H and O–H groups in total. The highest BCUT2D eigenvalue weighted by Crippen LogP contribution is 2.29. The summed E-state index contributed by atoms with van der Waals surface area (Å²) in [4.78, 5) is 29.3. The molecule has 8 nitrogen and oxygen atoms in total. The van der Waals surface area contributed by atoms with Crippen LogP contribution in [-0.2, 0) is 32.6 Å². The van der Waals surface area contributed by atoms with Gasteiger partial charge in [-0.1, -0.05) is 77.3 Å². The highest BCUT2D eigenvalue weighted by atomic mass is 35.5. The molecular weight excluding hydrogens is 657 g/mol. The number of nitrogens with zero attached hydrogens (tertiary/aromatic N) is 2. The van der Waals surface area contributed by atoms with Crippen LogP contribution in [0, 0.1) is 0 Å². The van der Waals surface area contributed by atoms with Crippen molar-refractivity contribution < 1.29 is 22.7 Å². The molecule has 0 unspecified atom stereocenters. The predicted octanol–water partition coefficient (Wildman–Crippen LogP) is 6.63. The Morgan fingerprint density at radius 3 is 2.18 bits per heavy atom. The van der Waals surface area contributed by atoms with E-state index in [4.69, 9.17) is 39.5 Å². The lowest BCUT2D eigenvalue weighted by Gasteiger charge is -2.34. The average molecular weight is 689 g/mol. The van der Waals surface area contributed by atoms with Gasteiger partial charge in [0.2, 0.25) is 11.8 Å². The van der Waals surface area contributed by atoms with E-state index in [9.17, 15) is 18.0 Å². The third kappa shape index (κ3) is 8.70. The zero-order valence-corrected chi connectivity index (χ0v) is 27.7. The summed E-state index contributed by atoms with van der Waals surface area (Å²) in [6.07, 6.45) is 0.183. The molecule has 0 aromatic heterocycles. The quantitative estimate of drug-likeness (QED) is 0.170. The standard InChI is InChI=1S/C33H32Cl3N3O5S/c1-3-37-33(41)31(19-23-8-5-4-6-9-23)38(21-24-12-17-29(35)30(36)18-24)32(40)22-39(26-11-7-10-25(34)20-26)45(42,43)28-15-13-27(44-2)14-16-28/h4-18,20,31H,3,19,21-22H2,1-2H3,(H,37,41)/t31-/m0/s1. The molecule has 0 saturated heterocycles. The van der Waals surface area contributed by atoms with Crippen LogP contribution in [0.1, 0.15) is 18.1 Å². The lowest BCUT2D eigenvalue weighted by molar-refractivity contribution is -0.140. The first-order valence-corrected chi connectivity index (χ1v) is 16.6. The fraction of sp³-hybridized carbons (Fsp3) is 0.212. The topological polar surface area (TPSA) is 96.0 Å². The van der Waals surface area contributed by atoms with Crippen molar-refractivity contribution in [3.05, 3.63) is 123 Å². The molecule has 4 aromatic carbocycles. The molecule has 4 aromatic rings. The minimum absolute atomic E-state index is 0.0453. The molecule has 0 aliphatic rings. The van der Waals surface area contributed by atoms with Crippen molar-refractivity contribution in [2.45, 2.75) is 30.8 Å². The highest BCUT2D eigenvalue weighted by Gasteiger charge is 2.34. The Morgan fingerprint density at radius 2 is 1.56 bits per heavy atom. The second-order valence-electron chi connectivity index (χ2n) is 10.0. The number of hydrogen-bond acceptors (Lipinski definition) is 5. The summed E-state index contributed by atoms with van der Waals surface area (Å²) in [5.74, 6) is -0.537. The number of likely N-dealkylation sites (N-methyl/N-ethyl adjacent to an activating group) is 1. The van der Waals surface area contributed by atoms with E-state index in [0.29, 0.717) is 22.9 Å². The fourth-order valence-corrected chi connectivity index (χ4v) is 6.63. The number of nitrogens with one attached hydrogen (secondary N) is 1. The molecule has 0 bridgehead atoms. The third-order valence-electron chi connectivity index (χ3n) is 6.98. The van der Waals surface area contributed by atoms with Crippen LogP contribution in [0.25, 0.3) is 0 Å². The maximum atomic E-state index is 14.4. The van der Waals surface area contributed by atoms with Gasteiger partial charge >= 0.3 is 0 Å². The normalized spacial score (nSPS) is 11.8. The van der Waals surface area contributed by atoms with E-state index < -0.39 is 28.5 Å². The molecule has 2 amide bonds. The highest BCUT2D eigenvalue weighted by molar-refractivity contribution is 7.92. The van der Waals surface area contributed by atoms with Gasteiger partial charge in [-0.3, -0.25) is 13.9 Å². The number of methoxy groups -OCH3 is 1. The summed E-state index contributed by atoms with van der Waals surface area (Å²) in [6, 6.07) is 25.3. The first kappa shape index (κ1) is 34.1. The summed E-state index contributed by atoms with van der Waals surface area (Å²) in [5.41, 5.74) is 1.60. The van der Waals surface area contributed by atoms with E-state index in [1.54, 1.807) is 43.3 Å². The molecule has 0 saturated carbocycles. The van der Waals surface area contributed by atoms with Gasteiger partial charge in [0.15, 0.2) is 0 Å². The summed E-state index contributed by atoms with van der Waals surface area (Å²) >= 11 is 18.7. The number of rotatable bonds is 13. The van der Waals surface area contributed by atoms with Crippen molar-refractivity contribution in [2.75, 3.05) is 24.5 Å². The molecule has 0 aliphatic carbocycles. The largest absolute Gasteiger partial charge is 0.497 e. The van der Waals surface area contributed by atoms with E-state index >= 15 is 0 Å². The van der Waals surface area contributed by atoms with Gasteiger partial charge in [-0.25, -0.2) is 8.42 Å². The number of hydrogen-bond donors (Lipinski definition) is 1. The fourth-order valence-electron chi connectivity index (χ4n) is 4.72. The van der Waals surface area contributed by atoms with E-state index in [0.717, 1.165) is 9.87 Å². The number of anilines is 1. The second kappa shape index (κ2) is 15.5. The Labute approximate surface area is 278 Å². The number of benzene rings is 4. The Bertz CT molecular complexity index is 1740. The van der Waals surface area contributed by atoms with Crippen LogP contribution in [0.2, 0.25) is 15.1 Å². The summed E-state index contributed by atoms with van der Waals surface area (Å²) in [6.45, 7) is 1.45. The van der Waals surface area contributed by atoms with Crippen LogP contribution in [0.5, 0.6) is 5.75 Å². The van der Waals surface area contributed by atoms with E-state index in [1.807, 2.05) is 30.3 Å². The monoisotopic (exact) mass is 687 g/mol. The molecule has 0 aliphatic heterocycles. The van der Waals surface area contributed by atoms with Gasteiger partial charge < -0.3 is 15.0 Å². The van der Waals surface area contributed by atoms with Gasteiger partial charge in [0.05, 0.1) is 27.7 Å². The third-order valence-corrected chi connectivity index (χ3v) is 9.74. The number of carbonyl (C=O) groups is 2. The first-order chi connectivity index (χ1) is 21.5. The lowest BCUT2D eigenvalue weighted by Crippen LogP contribution is -2.53. The van der Waals surface area contributed by atoms with Crippen LogP contribution in [-0.4, -0.2) is 51.4 Å². The summed E-state index contributed by atoms with van der Waals surface area (Å²) in [7, 11) is -2.82. The lowest BCUT2D eigenvalue weighted by atomic mass is 10.0. The number of amides is 2. The maximum absolute atomic E-state index is 14.4. The van der Waals surface area contributed by atoms with Crippen molar-refractivity contribution in [3.63, 3.8) is 0 Å². The van der Waals surface area contributed by atoms with Crippen LogP contribution < -0.4 is 14.4 Å². The van der Waals surface area contributed by atoms with Crippen molar-refractivity contribution >= 4 is 62.3 Å². The Morgan fingerprint density at radius 1 is 0.844 bits per heavy atom. The maximum Gasteiger partial charge on any atom is 0.264 e. The van der Waals surface area contributed by atoms with Crippen molar-refractivity contribution in [1.82, 2.24) is 10.2 Å². The minimum atomic E-state index is -4.29. The zero-order chi connectivity index (χ0) is 32.6. The molecule has 236 valence electrons. The second-order valence-corrected chi connectivity index (χ2v) is 13.2. The van der Waals surface area contributed by atoms with E-state index in [-0.39, 0.29) is 39.5 Å². The minimum Gasteiger partial charge on any atom is -0.497 e. The van der Waals surface area contributed by atoms with Gasteiger partial charge in [0.1, 0.15) is 18.3 Å². The molecule has 0 heterocycles. The van der Waals surface area contributed by atoms with E-state index in [1.165, 1.54) is 42.3 Å². The molecule has 45 heavy (non-hydrogen) atoms. The average Bonchev–Trinajstić information content (AvgIpc) is 3.03. The number of halogens is 3. The molecule has 0 spiro atoms. The summed E-state index contributed by atoms with van der Waals surface area (Å²) in [5, 5.41) is 3.72. The Balaban J connectivity index is 1.81. The Kier molecular flexibility index (Phi) is 11.7. The smallest absolute Gasteiger partial charge is 0.264 e. The van der Waals surface area contributed by atoms with Crippen LogP contribution in [0.3, 0.4) is 0 Å². The van der Waals surface area contributed by atoms with Gasteiger partial charge in [-0.15, -0.1) is 0 Å². The molecule has 1 atom stereocenters. The summed E-state index contributed by atoms with van der Waals surface area (Å²) < 4.78 is 34.4. The molecule has 12 heteroatoms. The van der Waals surface area contributed by atoms with Crippen molar-refractivity contribution in [2.24, 2.45) is 0 Å². The predicted molar refractivity (Wildman–Crippen MR) is 179 cm³/mol. The molecule has 0 radical (unpaired) electrons. The van der Waals surface area contributed by atoms with Gasteiger partial charge in [0.25, 0.3) is 10.0 Å². The molecule has 0 fully saturated rings. The number of sulfonamides is 1. The van der Waals surface area contributed by atoms with E-state index in [2.05, 4.69) is 5.32 Å². The Hall–Kier alpha value is -3.76. The molecular formula is C33H32Cl3N3O5S. The van der Waals surface area contributed by atoms with Gasteiger partial charge in [-0.2, -0.15) is 0 Å². The van der Waals surface area contributed by atoms with Gasteiger partial charge in [-0.05, 0) is 72.6 Å². The van der Waals surface area contributed by atoms with Crippen molar-refractivity contribution in [3.8, 4) is 5.75 Å². The first-order valence-electron chi connectivity index (χ1n) is 14.0.